The molecule has 124 valence electrons. The van der Waals surface area contributed by atoms with Crippen LogP contribution in [0.5, 0.6) is 11.8 Å². The van der Waals surface area contributed by atoms with Gasteiger partial charge in [0, 0.05) is 13.1 Å². The molecule has 0 aliphatic rings. The minimum atomic E-state index is -0.375. The zero-order valence-electron chi connectivity index (χ0n) is 13.3. The molecule has 1 aromatic heterocycles. The summed E-state index contributed by atoms with van der Waals surface area (Å²) in [7, 11) is 0. The number of tetrazole rings is 1. The van der Waals surface area contributed by atoms with Gasteiger partial charge in [0.1, 0.15) is 5.75 Å². The Labute approximate surface area is 139 Å². The number of aromatic nitrogens is 4. The Kier molecular flexibility index (Phi) is 5.15. The predicted molar refractivity (Wildman–Crippen MR) is 89.1 cm³/mol. The van der Waals surface area contributed by atoms with Gasteiger partial charge in [0.25, 0.3) is 0 Å². The van der Waals surface area contributed by atoms with Gasteiger partial charge in [-0.2, -0.15) is 4.68 Å². The van der Waals surface area contributed by atoms with Crippen molar-refractivity contribution in [3.63, 3.8) is 0 Å². The van der Waals surface area contributed by atoms with E-state index in [0.717, 1.165) is 11.3 Å². The quantitative estimate of drug-likeness (QED) is 0.690. The first kappa shape index (κ1) is 16.1. The third kappa shape index (κ3) is 4.15. The van der Waals surface area contributed by atoms with Gasteiger partial charge >= 0.3 is 6.01 Å². The van der Waals surface area contributed by atoms with Gasteiger partial charge in [0.2, 0.25) is 0 Å². The molecular formula is C17H19N5O2. The maximum absolute atomic E-state index is 9.28. The van der Waals surface area contributed by atoms with Gasteiger partial charge < -0.3 is 15.2 Å². The first-order valence-corrected chi connectivity index (χ1v) is 7.72. The van der Waals surface area contributed by atoms with Crippen LogP contribution in [0.25, 0.3) is 5.69 Å². The van der Waals surface area contributed by atoms with Crippen LogP contribution < -0.4 is 10.1 Å². The van der Waals surface area contributed by atoms with E-state index >= 15 is 0 Å². The van der Waals surface area contributed by atoms with Crippen LogP contribution in [0.3, 0.4) is 0 Å². The Balaban J connectivity index is 1.72. The molecule has 0 radical (unpaired) electrons. The number of nitrogens with zero attached hydrogens (tertiary/aromatic N) is 4. The van der Waals surface area contributed by atoms with Crippen molar-refractivity contribution in [3.8, 4) is 17.4 Å². The molecule has 2 aromatic carbocycles. The maximum atomic E-state index is 9.28. The lowest BCUT2D eigenvalue weighted by atomic mass is 10.2. The van der Waals surface area contributed by atoms with Gasteiger partial charge in [-0.25, -0.2) is 0 Å². The van der Waals surface area contributed by atoms with Crippen LogP contribution in [-0.4, -0.2) is 38.0 Å². The van der Waals surface area contributed by atoms with E-state index < -0.39 is 0 Å². The van der Waals surface area contributed by atoms with Crippen molar-refractivity contribution in [1.82, 2.24) is 25.5 Å². The second-order valence-corrected chi connectivity index (χ2v) is 5.44. The number of rotatable bonds is 7. The molecule has 1 unspecified atom stereocenters. The molecule has 7 nitrogen and oxygen atoms in total. The van der Waals surface area contributed by atoms with Gasteiger partial charge in [0.05, 0.1) is 11.8 Å². The van der Waals surface area contributed by atoms with Crippen molar-refractivity contribution < 1.29 is 9.84 Å². The number of nitrogens with one attached hydrogen (secondary N) is 1. The molecule has 0 aliphatic heterocycles. The van der Waals surface area contributed by atoms with Crippen LogP contribution in [-0.2, 0) is 6.54 Å². The summed E-state index contributed by atoms with van der Waals surface area (Å²) in [5.74, 6) is 0.651. The number of aliphatic hydroxyl groups excluding tert-OH is 1. The summed E-state index contributed by atoms with van der Waals surface area (Å²) in [6, 6.07) is 17.5. The number of hydrogen-bond acceptors (Lipinski definition) is 6. The summed E-state index contributed by atoms with van der Waals surface area (Å²) in [6.07, 6.45) is -0.375. The smallest absolute Gasteiger partial charge is 0.345 e. The second-order valence-electron chi connectivity index (χ2n) is 5.44. The van der Waals surface area contributed by atoms with E-state index in [4.69, 9.17) is 4.74 Å². The average Bonchev–Trinajstić information content (AvgIpc) is 3.04. The first-order valence-electron chi connectivity index (χ1n) is 7.72. The molecule has 3 aromatic rings. The summed E-state index contributed by atoms with van der Waals surface area (Å²) in [4.78, 5) is 0. The highest BCUT2D eigenvalue weighted by atomic mass is 16.5. The number of para-hydroxylation sites is 1. The SMILES string of the molecule is CC(O)CNCc1cccc(Oc2nnnn2-c2ccccc2)c1. The fraction of sp³-hybridized carbons (Fsp3) is 0.235. The van der Waals surface area contributed by atoms with Crippen LogP contribution in [0.4, 0.5) is 0 Å². The monoisotopic (exact) mass is 325 g/mol. The highest BCUT2D eigenvalue weighted by Gasteiger charge is 2.10. The lowest BCUT2D eigenvalue weighted by Gasteiger charge is -2.09. The van der Waals surface area contributed by atoms with Crippen LogP contribution in [0.2, 0.25) is 0 Å². The summed E-state index contributed by atoms with van der Waals surface area (Å²) < 4.78 is 7.36. The fourth-order valence-electron chi connectivity index (χ4n) is 2.22. The van der Waals surface area contributed by atoms with Gasteiger partial charge in [-0.1, -0.05) is 35.4 Å². The Morgan fingerprint density at radius 3 is 2.79 bits per heavy atom. The van der Waals surface area contributed by atoms with E-state index in [-0.39, 0.29) is 6.10 Å². The van der Waals surface area contributed by atoms with Gasteiger partial charge in [-0.3, -0.25) is 0 Å². The number of ether oxygens (including phenoxy) is 1. The normalized spacial score (nSPS) is 12.1. The third-order valence-corrected chi connectivity index (χ3v) is 3.32. The van der Waals surface area contributed by atoms with Crippen LogP contribution in [0.1, 0.15) is 12.5 Å². The van der Waals surface area contributed by atoms with Crippen molar-refractivity contribution in [2.24, 2.45) is 0 Å². The van der Waals surface area contributed by atoms with E-state index in [9.17, 15) is 5.11 Å². The van der Waals surface area contributed by atoms with Crippen LogP contribution in [0, 0.1) is 0 Å². The molecule has 0 spiro atoms. The fourth-order valence-corrected chi connectivity index (χ4v) is 2.22. The van der Waals surface area contributed by atoms with Gasteiger partial charge in [0.15, 0.2) is 0 Å². The number of benzene rings is 2. The highest BCUT2D eigenvalue weighted by molar-refractivity contribution is 5.34. The molecular weight excluding hydrogens is 306 g/mol. The van der Waals surface area contributed by atoms with Gasteiger partial charge in [-0.15, -0.1) is 0 Å². The highest BCUT2D eigenvalue weighted by Crippen LogP contribution is 2.22. The van der Waals surface area contributed by atoms with Crippen LogP contribution >= 0.6 is 0 Å². The standard InChI is InChI=1S/C17H19N5O2/c1-13(23)11-18-12-14-6-5-9-16(10-14)24-17-19-20-21-22(17)15-7-3-2-4-8-15/h2-10,13,18,23H,11-12H2,1H3. The van der Waals surface area contributed by atoms with E-state index in [1.54, 1.807) is 11.6 Å². The van der Waals surface area contributed by atoms with Crippen molar-refractivity contribution in [1.29, 1.82) is 0 Å². The molecule has 1 atom stereocenters. The number of hydrogen-bond donors (Lipinski definition) is 2. The first-order chi connectivity index (χ1) is 11.7. The summed E-state index contributed by atoms with van der Waals surface area (Å²) >= 11 is 0. The zero-order valence-corrected chi connectivity index (χ0v) is 13.3. The lowest BCUT2D eigenvalue weighted by Crippen LogP contribution is -2.23. The molecule has 0 fully saturated rings. The molecule has 2 N–H and O–H groups in total. The van der Waals surface area contributed by atoms with E-state index in [0.29, 0.717) is 24.8 Å². The Hall–Kier alpha value is -2.77. The minimum Gasteiger partial charge on any atom is -0.423 e. The van der Waals surface area contributed by atoms with Crippen molar-refractivity contribution >= 4 is 0 Å². The Bertz CT molecular complexity index is 773. The number of aliphatic hydroxyl groups is 1. The molecule has 1 heterocycles. The molecule has 0 aliphatic carbocycles. The Morgan fingerprint density at radius 1 is 1.17 bits per heavy atom. The second kappa shape index (κ2) is 7.67. The van der Waals surface area contributed by atoms with Crippen molar-refractivity contribution in [3.05, 3.63) is 60.2 Å². The average molecular weight is 325 g/mol. The van der Waals surface area contributed by atoms with Gasteiger partial charge in [-0.05, 0) is 47.2 Å². The molecule has 24 heavy (non-hydrogen) atoms. The molecule has 3 rings (SSSR count). The summed E-state index contributed by atoms with van der Waals surface area (Å²) in [5, 5.41) is 24.0. The van der Waals surface area contributed by atoms with E-state index in [1.807, 2.05) is 54.6 Å². The van der Waals surface area contributed by atoms with E-state index in [2.05, 4.69) is 20.8 Å². The topological polar surface area (TPSA) is 85.1 Å². The zero-order chi connectivity index (χ0) is 16.8. The lowest BCUT2D eigenvalue weighted by molar-refractivity contribution is 0.191. The summed E-state index contributed by atoms with van der Waals surface area (Å²) in [6.45, 7) is 2.93. The van der Waals surface area contributed by atoms with Crippen molar-refractivity contribution in [2.45, 2.75) is 19.6 Å². The molecule has 0 saturated carbocycles. The molecule has 0 amide bonds. The molecule has 7 heteroatoms. The van der Waals surface area contributed by atoms with E-state index in [1.165, 1.54) is 0 Å². The van der Waals surface area contributed by atoms with Crippen molar-refractivity contribution in [2.75, 3.05) is 6.54 Å². The summed E-state index contributed by atoms with van der Waals surface area (Å²) in [5.41, 5.74) is 1.87. The Morgan fingerprint density at radius 2 is 2.00 bits per heavy atom. The molecule has 0 saturated heterocycles. The van der Waals surface area contributed by atoms with Crippen LogP contribution in [0.15, 0.2) is 54.6 Å². The molecule has 0 bridgehead atoms. The maximum Gasteiger partial charge on any atom is 0.345 e. The largest absolute Gasteiger partial charge is 0.423 e. The minimum absolute atomic E-state index is 0.301. The third-order valence-electron chi connectivity index (χ3n) is 3.32. The predicted octanol–water partition coefficient (Wildman–Crippen LogP) is 1.93.